The number of rotatable bonds is 5. The maximum absolute atomic E-state index is 12.5. The molecule has 5 heteroatoms. The minimum absolute atomic E-state index is 0.146. The molecule has 0 saturated carbocycles. The molecule has 2 aromatic rings. The minimum Gasteiger partial charge on any atom is -0.393 e. The topological polar surface area (TPSA) is 53.4 Å². The number of carbonyl (C=O) groups excluding carboxylic acids is 1. The van der Waals surface area contributed by atoms with Crippen molar-refractivity contribution in [3.8, 4) is 0 Å². The summed E-state index contributed by atoms with van der Waals surface area (Å²) in [7, 11) is 0. The summed E-state index contributed by atoms with van der Waals surface area (Å²) < 4.78 is 0. The number of aliphatic hydroxyl groups is 1. The predicted molar refractivity (Wildman–Crippen MR) is 93.5 cm³/mol. The Kier molecular flexibility index (Phi) is 5.18. The van der Waals surface area contributed by atoms with Crippen molar-refractivity contribution in [2.45, 2.75) is 43.4 Å². The van der Waals surface area contributed by atoms with Gasteiger partial charge >= 0.3 is 0 Å². The van der Waals surface area contributed by atoms with Gasteiger partial charge in [-0.2, -0.15) is 0 Å². The standard InChI is InChI=1S/C18H22N2O2S/c1-13(21)11-15-6-4-10-20(15)17(22)12-23-18-16-7-3-2-5-14(16)8-9-19-18/h2-3,5,7-9,13,15,21H,4,6,10-12H2,1H3. The van der Waals surface area contributed by atoms with E-state index >= 15 is 0 Å². The van der Waals surface area contributed by atoms with Gasteiger partial charge in [-0.25, -0.2) is 4.98 Å². The highest BCUT2D eigenvalue weighted by molar-refractivity contribution is 8.00. The third-order valence-electron chi connectivity index (χ3n) is 4.28. The van der Waals surface area contributed by atoms with Crippen LogP contribution in [0.3, 0.4) is 0 Å². The fourth-order valence-electron chi connectivity index (χ4n) is 3.22. The first-order valence-corrected chi connectivity index (χ1v) is 9.08. The molecule has 1 N–H and O–H groups in total. The van der Waals surface area contributed by atoms with Crippen LogP contribution >= 0.6 is 11.8 Å². The average Bonchev–Trinajstić information content (AvgIpc) is 3.00. The number of amides is 1. The van der Waals surface area contributed by atoms with Crippen molar-refractivity contribution in [2.75, 3.05) is 12.3 Å². The van der Waals surface area contributed by atoms with Crippen LogP contribution in [0.1, 0.15) is 26.2 Å². The fraction of sp³-hybridized carbons (Fsp3) is 0.444. The molecule has 122 valence electrons. The Bertz CT molecular complexity index is 684. The maximum Gasteiger partial charge on any atom is 0.233 e. The summed E-state index contributed by atoms with van der Waals surface area (Å²) in [6.45, 7) is 2.59. The third kappa shape index (κ3) is 3.85. The highest BCUT2D eigenvalue weighted by atomic mass is 32.2. The molecule has 3 rings (SSSR count). The number of carbonyl (C=O) groups is 1. The van der Waals surface area contributed by atoms with Crippen molar-refractivity contribution in [2.24, 2.45) is 0 Å². The molecular formula is C18H22N2O2S. The highest BCUT2D eigenvalue weighted by Crippen LogP contribution is 2.27. The molecule has 1 saturated heterocycles. The summed E-state index contributed by atoms with van der Waals surface area (Å²) in [4.78, 5) is 18.9. The molecule has 0 aliphatic carbocycles. The third-order valence-corrected chi connectivity index (χ3v) is 5.27. The Labute approximate surface area is 140 Å². The van der Waals surface area contributed by atoms with Crippen molar-refractivity contribution < 1.29 is 9.90 Å². The van der Waals surface area contributed by atoms with Gasteiger partial charge in [0.15, 0.2) is 0 Å². The van der Waals surface area contributed by atoms with Gasteiger partial charge in [-0.1, -0.05) is 36.0 Å². The van der Waals surface area contributed by atoms with Crippen LogP contribution in [-0.4, -0.2) is 45.3 Å². The van der Waals surface area contributed by atoms with E-state index in [1.54, 1.807) is 13.1 Å². The summed E-state index contributed by atoms with van der Waals surface area (Å²) >= 11 is 1.50. The summed E-state index contributed by atoms with van der Waals surface area (Å²) in [5, 5.41) is 12.7. The van der Waals surface area contributed by atoms with Crippen LogP contribution in [0.25, 0.3) is 10.8 Å². The molecule has 0 spiro atoms. The van der Waals surface area contributed by atoms with Gasteiger partial charge in [-0.15, -0.1) is 0 Å². The molecule has 0 bridgehead atoms. The van der Waals surface area contributed by atoms with E-state index < -0.39 is 0 Å². The number of pyridine rings is 1. The van der Waals surface area contributed by atoms with E-state index in [4.69, 9.17) is 0 Å². The minimum atomic E-state index is -0.360. The molecule has 4 nitrogen and oxygen atoms in total. The largest absolute Gasteiger partial charge is 0.393 e. The van der Waals surface area contributed by atoms with Crippen molar-refractivity contribution in [3.05, 3.63) is 36.5 Å². The first kappa shape index (κ1) is 16.3. The Hall–Kier alpha value is -1.59. The van der Waals surface area contributed by atoms with E-state index in [1.165, 1.54) is 11.8 Å². The van der Waals surface area contributed by atoms with Gasteiger partial charge < -0.3 is 10.0 Å². The van der Waals surface area contributed by atoms with E-state index in [0.29, 0.717) is 12.2 Å². The summed E-state index contributed by atoms with van der Waals surface area (Å²) in [5.41, 5.74) is 0. The quantitative estimate of drug-likeness (QED) is 0.856. The van der Waals surface area contributed by atoms with E-state index in [0.717, 1.165) is 35.2 Å². The number of nitrogens with zero attached hydrogens (tertiary/aromatic N) is 2. The monoisotopic (exact) mass is 330 g/mol. The van der Waals surface area contributed by atoms with Crippen LogP contribution < -0.4 is 0 Å². The number of hydrogen-bond acceptors (Lipinski definition) is 4. The van der Waals surface area contributed by atoms with Gasteiger partial charge in [-0.05, 0) is 37.6 Å². The molecule has 1 aliphatic heterocycles. The van der Waals surface area contributed by atoms with Gasteiger partial charge in [0.1, 0.15) is 5.03 Å². The lowest BCUT2D eigenvalue weighted by atomic mass is 10.1. The molecule has 1 aromatic carbocycles. The zero-order chi connectivity index (χ0) is 16.2. The van der Waals surface area contributed by atoms with Crippen molar-refractivity contribution >= 4 is 28.4 Å². The second-order valence-electron chi connectivity index (χ2n) is 6.09. The van der Waals surface area contributed by atoms with Crippen molar-refractivity contribution in [1.82, 2.24) is 9.88 Å². The molecule has 2 heterocycles. The molecule has 1 amide bonds. The molecular weight excluding hydrogens is 308 g/mol. The zero-order valence-electron chi connectivity index (χ0n) is 13.3. The number of thioether (sulfide) groups is 1. The Morgan fingerprint density at radius 1 is 1.43 bits per heavy atom. The van der Waals surface area contributed by atoms with Gasteiger partial charge in [0.25, 0.3) is 0 Å². The van der Waals surface area contributed by atoms with Crippen molar-refractivity contribution in [1.29, 1.82) is 0 Å². The van der Waals surface area contributed by atoms with E-state index in [1.807, 2.05) is 29.2 Å². The van der Waals surface area contributed by atoms with Gasteiger partial charge in [0, 0.05) is 24.2 Å². The number of likely N-dealkylation sites (tertiary alicyclic amines) is 1. The molecule has 0 radical (unpaired) electrons. The fourth-order valence-corrected chi connectivity index (χ4v) is 4.13. The van der Waals surface area contributed by atoms with Gasteiger partial charge in [0.2, 0.25) is 5.91 Å². The molecule has 1 fully saturated rings. The predicted octanol–water partition coefficient (Wildman–Crippen LogP) is 3.09. The zero-order valence-corrected chi connectivity index (χ0v) is 14.1. The Balaban J connectivity index is 1.66. The van der Waals surface area contributed by atoms with Gasteiger partial charge in [0.05, 0.1) is 11.9 Å². The van der Waals surface area contributed by atoms with Gasteiger partial charge in [-0.3, -0.25) is 4.79 Å². The number of fused-ring (bicyclic) bond motifs is 1. The lowest BCUT2D eigenvalue weighted by Crippen LogP contribution is -2.38. The number of aliphatic hydroxyl groups excluding tert-OH is 1. The first-order valence-electron chi connectivity index (χ1n) is 8.09. The van der Waals surface area contributed by atoms with E-state index in [-0.39, 0.29) is 18.1 Å². The van der Waals surface area contributed by atoms with Crippen molar-refractivity contribution in [3.63, 3.8) is 0 Å². The second-order valence-corrected chi connectivity index (χ2v) is 7.06. The smallest absolute Gasteiger partial charge is 0.233 e. The van der Waals surface area contributed by atoms with Crippen LogP contribution in [0.15, 0.2) is 41.6 Å². The molecule has 1 aromatic heterocycles. The normalized spacial score (nSPS) is 19.2. The number of aromatic nitrogens is 1. The maximum atomic E-state index is 12.5. The van der Waals surface area contributed by atoms with Crippen LogP contribution in [0.2, 0.25) is 0 Å². The Morgan fingerprint density at radius 3 is 3.09 bits per heavy atom. The van der Waals surface area contributed by atoms with Crippen LogP contribution in [0.5, 0.6) is 0 Å². The number of hydrogen-bond donors (Lipinski definition) is 1. The average molecular weight is 330 g/mol. The SMILES string of the molecule is CC(O)CC1CCCN1C(=O)CSc1nccc2ccccc12. The molecule has 23 heavy (non-hydrogen) atoms. The summed E-state index contributed by atoms with van der Waals surface area (Å²) in [5.74, 6) is 0.546. The summed E-state index contributed by atoms with van der Waals surface area (Å²) in [6, 6.07) is 10.3. The van der Waals surface area contributed by atoms with Crippen LogP contribution in [0, 0.1) is 0 Å². The Morgan fingerprint density at radius 2 is 2.26 bits per heavy atom. The van der Waals surface area contributed by atoms with Crippen LogP contribution in [-0.2, 0) is 4.79 Å². The van der Waals surface area contributed by atoms with E-state index in [9.17, 15) is 9.90 Å². The number of benzene rings is 1. The van der Waals surface area contributed by atoms with E-state index in [2.05, 4.69) is 11.1 Å². The summed E-state index contributed by atoms with van der Waals surface area (Å²) in [6.07, 6.45) is 4.12. The molecule has 1 aliphatic rings. The lowest BCUT2D eigenvalue weighted by molar-refractivity contribution is -0.129. The molecule has 2 unspecified atom stereocenters. The second kappa shape index (κ2) is 7.32. The first-order chi connectivity index (χ1) is 11.1. The molecule has 2 atom stereocenters. The highest BCUT2D eigenvalue weighted by Gasteiger charge is 2.29. The van der Waals surface area contributed by atoms with Crippen LogP contribution in [0.4, 0.5) is 0 Å². The lowest BCUT2D eigenvalue weighted by Gasteiger charge is -2.25.